The molecule has 0 spiro atoms. The van der Waals surface area contributed by atoms with Gasteiger partial charge < -0.3 is 10.2 Å². The summed E-state index contributed by atoms with van der Waals surface area (Å²) in [5.74, 6) is 0.0745. The van der Waals surface area contributed by atoms with Gasteiger partial charge in [0, 0.05) is 37.2 Å². The van der Waals surface area contributed by atoms with Crippen molar-refractivity contribution in [1.29, 1.82) is 0 Å². The van der Waals surface area contributed by atoms with Crippen molar-refractivity contribution in [3.63, 3.8) is 0 Å². The van der Waals surface area contributed by atoms with Crippen LogP contribution in [-0.2, 0) is 0 Å². The molecular formula is C21H19FN6O. The first-order valence-corrected chi connectivity index (χ1v) is 9.15. The Labute approximate surface area is 166 Å². The largest absolute Gasteiger partial charge is 0.328 e. The van der Waals surface area contributed by atoms with E-state index in [1.165, 1.54) is 27.6 Å². The van der Waals surface area contributed by atoms with Crippen LogP contribution in [0.25, 0.3) is 28.3 Å². The maximum atomic E-state index is 14.5. The minimum Gasteiger partial charge on any atom is -0.328 e. The Morgan fingerprint density at radius 2 is 1.97 bits per heavy atom. The highest BCUT2D eigenvalue weighted by Gasteiger charge is 2.15. The molecular weight excluding hydrogens is 371 g/mol. The minimum absolute atomic E-state index is 0.189. The van der Waals surface area contributed by atoms with Crippen LogP contribution in [0.1, 0.15) is 6.92 Å². The quantitative estimate of drug-likeness (QED) is 0.570. The number of amides is 2. The number of anilines is 1. The van der Waals surface area contributed by atoms with Crippen molar-refractivity contribution in [2.45, 2.75) is 6.92 Å². The number of benzene rings is 2. The van der Waals surface area contributed by atoms with Crippen LogP contribution in [0.4, 0.5) is 14.9 Å². The van der Waals surface area contributed by atoms with Gasteiger partial charge in [-0.3, -0.25) is 0 Å². The smallest absolute Gasteiger partial charge is 0.321 e. The monoisotopic (exact) mass is 390 g/mol. The fourth-order valence-electron chi connectivity index (χ4n) is 2.81. The van der Waals surface area contributed by atoms with Crippen molar-refractivity contribution in [1.82, 2.24) is 24.5 Å². The van der Waals surface area contributed by atoms with Gasteiger partial charge in [0.1, 0.15) is 5.82 Å². The number of rotatable bonds is 4. The molecule has 146 valence electrons. The average molecular weight is 390 g/mol. The topological polar surface area (TPSA) is 75.4 Å². The molecule has 0 radical (unpaired) electrons. The lowest BCUT2D eigenvalue weighted by Crippen LogP contribution is -2.30. The number of carbonyl (C=O) groups excluding carboxylic acids is 1. The van der Waals surface area contributed by atoms with E-state index in [-0.39, 0.29) is 17.4 Å². The molecule has 4 aromatic rings. The van der Waals surface area contributed by atoms with E-state index in [4.69, 9.17) is 0 Å². The van der Waals surface area contributed by atoms with Crippen LogP contribution in [0, 0.1) is 5.82 Å². The zero-order valence-corrected chi connectivity index (χ0v) is 16.0. The number of nitrogens with zero attached hydrogens (tertiary/aromatic N) is 5. The summed E-state index contributed by atoms with van der Waals surface area (Å²) in [6, 6.07) is 13.8. The Morgan fingerprint density at radius 3 is 2.72 bits per heavy atom. The van der Waals surface area contributed by atoms with Gasteiger partial charge in [-0.25, -0.2) is 18.7 Å². The van der Waals surface area contributed by atoms with E-state index >= 15 is 0 Å². The van der Waals surface area contributed by atoms with Gasteiger partial charge in [-0.2, -0.15) is 4.98 Å². The minimum atomic E-state index is -0.481. The number of urea groups is 1. The molecule has 0 fully saturated rings. The number of hydrogen-bond donors (Lipinski definition) is 1. The van der Waals surface area contributed by atoms with Crippen LogP contribution >= 0.6 is 0 Å². The fourth-order valence-corrected chi connectivity index (χ4v) is 2.81. The lowest BCUT2D eigenvalue weighted by atomic mass is 10.1. The molecule has 2 heterocycles. The first-order valence-electron chi connectivity index (χ1n) is 9.15. The Morgan fingerprint density at radius 1 is 1.17 bits per heavy atom. The molecule has 2 amide bonds. The van der Waals surface area contributed by atoms with E-state index < -0.39 is 5.82 Å². The molecule has 2 aromatic carbocycles. The molecule has 2 aromatic heterocycles. The van der Waals surface area contributed by atoms with Gasteiger partial charge in [-0.05, 0) is 30.7 Å². The highest BCUT2D eigenvalue weighted by molar-refractivity contribution is 5.89. The van der Waals surface area contributed by atoms with Gasteiger partial charge in [0.25, 0.3) is 5.78 Å². The van der Waals surface area contributed by atoms with Gasteiger partial charge in [0.2, 0.25) is 0 Å². The summed E-state index contributed by atoms with van der Waals surface area (Å²) in [7, 11) is 1.68. The second kappa shape index (κ2) is 7.67. The van der Waals surface area contributed by atoms with E-state index in [1.807, 2.05) is 37.3 Å². The summed E-state index contributed by atoms with van der Waals surface area (Å²) in [4.78, 5) is 22.2. The van der Waals surface area contributed by atoms with Crippen LogP contribution in [0.2, 0.25) is 0 Å². The number of hydrogen-bond acceptors (Lipinski definition) is 4. The zero-order valence-electron chi connectivity index (χ0n) is 16.0. The normalized spacial score (nSPS) is 10.9. The van der Waals surface area contributed by atoms with Crippen LogP contribution in [-0.4, -0.2) is 44.1 Å². The number of fused-ring (bicyclic) bond motifs is 1. The van der Waals surface area contributed by atoms with Gasteiger partial charge in [0.05, 0.1) is 5.56 Å². The molecule has 0 aliphatic carbocycles. The number of carbonyl (C=O) groups is 1. The Kier molecular flexibility index (Phi) is 4.90. The standard InChI is InChI=1S/C21H19FN6O/c1-3-27(2)21(29)24-16-9-10-18(22)17(11-16)19-25-20-23-12-15(13-28(20)26-19)14-7-5-4-6-8-14/h4-13H,3H2,1-2H3,(H,24,29). The van der Waals surface area contributed by atoms with E-state index in [0.29, 0.717) is 18.0 Å². The van der Waals surface area contributed by atoms with Gasteiger partial charge in [0.15, 0.2) is 5.82 Å². The van der Waals surface area contributed by atoms with Crippen molar-refractivity contribution in [2.75, 3.05) is 18.9 Å². The highest BCUT2D eigenvalue weighted by atomic mass is 19.1. The number of halogens is 1. The molecule has 0 bridgehead atoms. The molecule has 0 aliphatic heterocycles. The summed E-state index contributed by atoms with van der Waals surface area (Å²) in [6.07, 6.45) is 3.50. The van der Waals surface area contributed by atoms with Crippen LogP contribution < -0.4 is 5.32 Å². The zero-order chi connectivity index (χ0) is 20.4. The van der Waals surface area contributed by atoms with Crippen molar-refractivity contribution >= 4 is 17.5 Å². The summed E-state index contributed by atoms with van der Waals surface area (Å²) in [5, 5.41) is 7.12. The molecule has 7 nitrogen and oxygen atoms in total. The first-order chi connectivity index (χ1) is 14.0. The highest BCUT2D eigenvalue weighted by Crippen LogP contribution is 2.25. The molecule has 8 heteroatoms. The maximum absolute atomic E-state index is 14.5. The third-order valence-electron chi connectivity index (χ3n) is 4.58. The molecule has 1 N–H and O–H groups in total. The molecule has 0 unspecified atom stereocenters. The van der Waals surface area contributed by atoms with E-state index in [2.05, 4.69) is 20.4 Å². The van der Waals surface area contributed by atoms with Gasteiger partial charge >= 0.3 is 6.03 Å². The predicted octanol–water partition coefficient (Wildman–Crippen LogP) is 4.08. The molecule has 0 aliphatic rings. The summed E-state index contributed by atoms with van der Waals surface area (Å²) in [5.41, 5.74) is 2.52. The van der Waals surface area contributed by atoms with Crippen LogP contribution in [0.15, 0.2) is 60.9 Å². The summed E-state index contributed by atoms with van der Waals surface area (Å²) >= 11 is 0. The van der Waals surface area contributed by atoms with E-state index in [0.717, 1.165) is 11.1 Å². The number of nitrogens with one attached hydrogen (secondary N) is 1. The van der Waals surface area contributed by atoms with Crippen LogP contribution in [0.5, 0.6) is 0 Å². The van der Waals surface area contributed by atoms with Crippen molar-refractivity contribution in [3.8, 4) is 22.5 Å². The second-order valence-corrected chi connectivity index (χ2v) is 6.53. The fraction of sp³-hybridized carbons (Fsp3) is 0.143. The predicted molar refractivity (Wildman–Crippen MR) is 109 cm³/mol. The Bertz CT molecular complexity index is 1170. The molecule has 4 rings (SSSR count). The molecule has 0 saturated carbocycles. The lowest BCUT2D eigenvalue weighted by molar-refractivity contribution is 0.224. The second-order valence-electron chi connectivity index (χ2n) is 6.53. The number of aromatic nitrogens is 4. The SMILES string of the molecule is CCN(C)C(=O)Nc1ccc(F)c(-c2nc3ncc(-c4ccccc4)cn3n2)c1. The third-order valence-corrected chi connectivity index (χ3v) is 4.58. The van der Waals surface area contributed by atoms with Crippen molar-refractivity contribution < 1.29 is 9.18 Å². The molecule has 0 saturated heterocycles. The van der Waals surface area contributed by atoms with E-state index in [9.17, 15) is 9.18 Å². The maximum Gasteiger partial charge on any atom is 0.321 e. The van der Waals surface area contributed by atoms with E-state index in [1.54, 1.807) is 19.4 Å². The molecule has 29 heavy (non-hydrogen) atoms. The summed E-state index contributed by atoms with van der Waals surface area (Å²) < 4.78 is 16.0. The first kappa shape index (κ1) is 18.5. The Hall–Kier alpha value is -3.81. The lowest BCUT2D eigenvalue weighted by Gasteiger charge is -2.15. The average Bonchev–Trinajstić information content (AvgIpc) is 3.18. The summed E-state index contributed by atoms with van der Waals surface area (Å²) in [6.45, 7) is 2.43. The van der Waals surface area contributed by atoms with Crippen molar-refractivity contribution in [3.05, 3.63) is 66.7 Å². The van der Waals surface area contributed by atoms with Crippen LogP contribution in [0.3, 0.4) is 0 Å². The molecule has 0 atom stereocenters. The Balaban J connectivity index is 1.69. The van der Waals surface area contributed by atoms with Gasteiger partial charge in [-0.15, -0.1) is 5.10 Å². The van der Waals surface area contributed by atoms with Gasteiger partial charge in [-0.1, -0.05) is 30.3 Å². The van der Waals surface area contributed by atoms with Crippen molar-refractivity contribution in [2.24, 2.45) is 0 Å². The third kappa shape index (κ3) is 3.77.